The summed E-state index contributed by atoms with van der Waals surface area (Å²) in [6.07, 6.45) is 5.05. The molecule has 0 saturated heterocycles. The molecule has 0 aliphatic rings. The van der Waals surface area contributed by atoms with Crippen molar-refractivity contribution in [1.29, 1.82) is 0 Å². The zero-order valence-electron chi connectivity index (χ0n) is 11.8. The first-order valence-electron chi connectivity index (χ1n) is 6.47. The lowest BCUT2D eigenvalue weighted by atomic mass is 10.1. The zero-order valence-corrected chi connectivity index (χ0v) is 11.8. The standard InChI is InChI=1S/C15H18N4O/c1-10-12(15(20)16-3)5-4-6-13(10)19-11(2)14-9-17-7-8-18-14/h4-9,11,19H,1-3H3,(H,16,20). The Hall–Kier alpha value is -2.43. The molecular formula is C15H18N4O. The van der Waals surface area contributed by atoms with Crippen molar-refractivity contribution < 1.29 is 4.79 Å². The second-order valence-corrected chi connectivity index (χ2v) is 4.55. The Morgan fingerprint density at radius 3 is 2.75 bits per heavy atom. The second kappa shape index (κ2) is 6.14. The molecule has 2 rings (SSSR count). The van der Waals surface area contributed by atoms with Crippen molar-refractivity contribution in [3.63, 3.8) is 0 Å². The van der Waals surface area contributed by atoms with Gasteiger partial charge in [-0.3, -0.25) is 14.8 Å². The summed E-state index contributed by atoms with van der Waals surface area (Å²) >= 11 is 0. The third-order valence-electron chi connectivity index (χ3n) is 3.20. The van der Waals surface area contributed by atoms with Crippen LogP contribution in [-0.2, 0) is 0 Å². The second-order valence-electron chi connectivity index (χ2n) is 4.55. The number of benzene rings is 1. The van der Waals surface area contributed by atoms with E-state index in [9.17, 15) is 4.79 Å². The third-order valence-corrected chi connectivity index (χ3v) is 3.20. The summed E-state index contributed by atoms with van der Waals surface area (Å²) in [6.45, 7) is 3.94. The van der Waals surface area contributed by atoms with Crippen LogP contribution in [0.15, 0.2) is 36.8 Å². The molecule has 1 heterocycles. The van der Waals surface area contributed by atoms with E-state index >= 15 is 0 Å². The maximum Gasteiger partial charge on any atom is 0.251 e. The van der Waals surface area contributed by atoms with Gasteiger partial charge in [-0.1, -0.05) is 6.07 Å². The number of hydrogen-bond donors (Lipinski definition) is 2. The van der Waals surface area contributed by atoms with Crippen LogP contribution in [0.4, 0.5) is 5.69 Å². The van der Waals surface area contributed by atoms with E-state index in [2.05, 4.69) is 20.6 Å². The first kappa shape index (κ1) is 14.0. The van der Waals surface area contributed by atoms with Crippen LogP contribution in [0.2, 0.25) is 0 Å². The van der Waals surface area contributed by atoms with Crippen LogP contribution in [-0.4, -0.2) is 22.9 Å². The lowest BCUT2D eigenvalue weighted by Crippen LogP contribution is -2.19. The van der Waals surface area contributed by atoms with Crippen LogP contribution < -0.4 is 10.6 Å². The van der Waals surface area contributed by atoms with E-state index in [1.165, 1.54) is 0 Å². The number of amides is 1. The Kier molecular flexibility index (Phi) is 4.30. The Morgan fingerprint density at radius 2 is 2.10 bits per heavy atom. The van der Waals surface area contributed by atoms with Gasteiger partial charge < -0.3 is 10.6 Å². The molecule has 0 fully saturated rings. The number of anilines is 1. The molecule has 0 spiro atoms. The highest BCUT2D eigenvalue weighted by molar-refractivity contribution is 5.96. The molecule has 1 aromatic heterocycles. The van der Waals surface area contributed by atoms with Gasteiger partial charge in [0.25, 0.3) is 5.91 Å². The van der Waals surface area contributed by atoms with Crippen molar-refractivity contribution >= 4 is 11.6 Å². The van der Waals surface area contributed by atoms with Crippen LogP contribution >= 0.6 is 0 Å². The molecule has 1 amide bonds. The smallest absolute Gasteiger partial charge is 0.251 e. The SMILES string of the molecule is CNC(=O)c1cccc(NC(C)c2cnccn2)c1C. The summed E-state index contributed by atoms with van der Waals surface area (Å²) < 4.78 is 0. The minimum Gasteiger partial charge on any atom is -0.377 e. The van der Waals surface area contributed by atoms with Gasteiger partial charge in [-0.15, -0.1) is 0 Å². The molecule has 0 aliphatic heterocycles. The van der Waals surface area contributed by atoms with Crippen molar-refractivity contribution in [2.24, 2.45) is 0 Å². The molecule has 2 N–H and O–H groups in total. The van der Waals surface area contributed by atoms with E-state index in [-0.39, 0.29) is 11.9 Å². The average Bonchev–Trinajstić information content (AvgIpc) is 2.49. The van der Waals surface area contributed by atoms with E-state index in [1.807, 2.05) is 32.0 Å². The molecule has 2 aromatic rings. The molecule has 0 saturated carbocycles. The van der Waals surface area contributed by atoms with E-state index in [0.717, 1.165) is 16.9 Å². The van der Waals surface area contributed by atoms with Crippen LogP contribution in [0.5, 0.6) is 0 Å². The van der Waals surface area contributed by atoms with Gasteiger partial charge in [0.1, 0.15) is 0 Å². The van der Waals surface area contributed by atoms with E-state index < -0.39 is 0 Å². The molecular weight excluding hydrogens is 252 g/mol. The zero-order chi connectivity index (χ0) is 14.5. The van der Waals surface area contributed by atoms with Gasteiger partial charge in [0.2, 0.25) is 0 Å². The monoisotopic (exact) mass is 270 g/mol. The van der Waals surface area contributed by atoms with E-state index in [1.54, 1.807) is 25.6 Å². The number of carbonyl (C=O) groups excluding carboxylic acids is 1. The summed E-state index contributed by atoms with van der Waals surface area (Å²) in [4.78, 5) is 20.1. The first-order valence-corrected chi connectivity index (χ1v) is 6.47. The van der Waals surface area contributed by atoms with Crippen molar-refractivity contribution in [2.75, 3.05) is 12.4 Å². The molecule has 0 radical (unpaired) electrons. The number of carbonyl (C=O) groups is 1. The highest BCUT2D eigenvalue weighted by Crippen LogP contribution is 2.23. The predicted molar refractivity (Wildman–Crippen MR) is 78.6 cm³/mol. The number of nitrogens with one attached hydrogen (secondary N) is 2. The maximum absolute atomic E-state index is 11.8. The van der Waals surface area contributed by atoms with Crippen molar-refractivity contribution in [1.82, 2.24) is 15.3 Å². The van der Waals surface area contributed by atoms with Gasteiger partial charge in [-0.25, -0.2) is 0 Å². The Labute approximate surface area is 118 Å². The summed E-state index contributed by atoms with van der Waals surface area (Å²) in [5.41, 5.74) is 3.37. The molecule has 0 aliphatic carbocycles. The fourth-order valence-corrected chi connectivity index (χ4v) is 2.01. The highest BCUT2D eigenvalue weighted by Gasteiger charge is 2.13. The highest BCUT2D eigenvalue weighted by atomic mass is 16.1. The minimum atomic E-state index is -0.0849. The largest absolute Gasteiger partial charge is 0.377 e. The van der Waals surface area contributed by atoms with E-state index in [4.69, 9.17) is 0 Å². The number of hydrogen-bond acceptors (Lipinski definition) is 4. The Balaban J connectivity index is 2.24. The lowest BCUT2D eigenvalue weighted by Gasteiger charge is -2.17. The Morgan fingerprint density at radius 1 is 1.30 bits per heavy atom. The summed E-state index contributed by atoms with van der Waals surface area (Å²) in [5, 5.41) is 6.01. The normalized spacial score (nSPS) is 11.8. The fraction of sp³-hybridized carbons (Fsp3) is 0.267. The fourth-order valence-electron chi connectivity index (χ4n) is 2.01. The maximum atomic E-state index is 11.8. The van der Waals surface area contributed by atoms with Crippen molar-refractivity contribution in [2.45, 2.75) is 19.9 Å². The lowest BCUT2D eigenvalue weighted by molar-refractivity contribution is 0.0962. The van der Waals surface area contributed by atoms with Gasteiger partial charge >= 0.3 is 0 Å². The number of aromatic nitrogens is 2. The van der Waals surface area contributed by atoms with Gasteiger partial charge in [-0.05, 0) is 31.5 Å². The summed E-state index contributed by atoms with van der Waals surface area (Å²) in [5.74, 6) is -0.0849. The van der Waals surface area contributed by atoms with Gasteiger partial charge in [-0.2, -0.15) is 0 Å². The molecule has 0 bridgehead atoms. The molecule has 104 valence electrons. The van der Waals surface area contributed by atoms with Crippen LogP contribution in [0.1, 0.15) is 34.6 Å². The van der Waals surface area contributed by atoms with E-state index in [0.29, 0.717) is 5.56 Å². The molecule has 1 aromatic carbocycles. The first-order chi connectivity index (χ1) is 9.63. The van der Waals surface area contributed by atoms with Crippen LogP contribution in [0.3, 0.4) is 0 Å². The Bertz CT molecular complexity index is 598. The van der Waals surface area contributed by atoms with Gasteiger partial charge in [0, 0.05) is 30.7 Å². The molecule has 5 nitrogen and oxygen atoms in total. The average molecular weight is 270 g/mol. The molecule has 5 heteroatoms. The minimum absolute atomic E-state index is 0.0161. The predicted octanol–water partition coefficient (Wildman–Crippen LogP) is 2.32. The third kappa shape index (κ3) is 2.93. The number of nitrogens with zero attached hydrogens (tertiary/aromatic N) is 2. The molecule has 1 unspecified atom stereocenters. The summed E-state index contributed by atoms with van der Waals surface area (Å²) in [7, 11) is 1.63. The van der Waals surface area contributed by atoms with Crippen molar-refractivity contribution in [3.8, 4) is 0 Å². The van der Waals surface area contributed by atoms with Crippen LogP contribution in [0.25, 0.3) is 0 Å². The van der Waals surface area contributed by atoms with Gasteiger partial charge in [0.15, 0.2) is 0 Å². The number of rotatable bonds is 4. The topological polar surface area (TPSA) is 66.9 Å². The summed E-state index contributed by atoms with van der Waals surface area (Å²) in [6, 6.07) is 5.65. The molecule has 20 heavy (non-hydrogen) atoms. The van der Waals surface area contributed by atoms with Gasteiger partial charge in [0.05, 0.1) is 17.9 Å². The van der Waals surface area contributed by atoms with Crippen LogP contribution in [0, 0.1) is 6.92 Å². The quantitative estimate of drug-likeness (QED) is 0.894. The molecule has 1 atom stereocenters. The van der Waals surface area contributed by atoms with Crippen molar-refractivity contribution in [3.05, 3.63) is 53.6 Å².